The van der Waals surface area contributed by atoms with E-state index in [-0.39, 0.29) is 5.91 Å². The molecular formula is C14H18N4O3. The Balaban J connectivity index is 2.26. The van der Waals surface area contributed by atoms with Crippen LogP contribution in [0, 0.1) is 13.8 Å². The fraction of sp³-hybridized carbons (Fsp3) is 0.357. The molecule has 0 spiro atoms. The summed E-state index contributed by atoms with van der Waals surface area (Å²) in [6, 6.07) is 0. The number of nitrogens with zero attached hydrogens (tertiary/aromatic N) is 2. The summed E-state index contributed by atoms with van der Waals surface area (Å²) >= 11 is 0. The van der Waals surface area contributed by atoms with Crippen LogP contribution in [0.5, 0.6) is 0 Å². The topological polar surface area (TPSA) is 89.0 Å². The van der Waals surface area contributed by atoms with Crippen LogP contribution in [0.15, 0.2) is 12.4 Å². The zero-order valence-corrected chi connectivity index (χ0v) is 12.5. The van der Waals surface area contributed by atoms with Crippen molar-refractivity contribution in [3.63, 3.8) is 0 Å². The Morgan fingerprint density at radius 1 is 1.43 bits per heavy atom. The highest BCUT2D eigenvalue weighted by molar-refractivity contribution is 6.06. The van der Waals surface area contributed by atoms with E-state index in [0.717, 1.165) is 0 Å². The average Bonchev–Trinajstić information content (AvgIpc) is 2.93. The van der Waals surface area contributed by atoms with Crippen molar-refractivity contribution < 1.29 is 14.3 Å². The van der Waals surface area contributed by atoms with E-state index in [1.54, 1.807) is 44.9 Å². The van der Waals surface area contributed by atoms with E-state index in [0.29, 0.717) is 34.8 Å². The van der Waals surface area contributed by atoms with Gasteiger partial charge in [0.2, 0.25) is 0 Å². The lowest BCUT2D eigenvalue weighted by atomic mass is 10.1. The first-order valence-electron chi connectivity index (χ1n) is 6.60. The Labute approximate surface area is 122 Å². The molecule has 0 aliphatic carbocycles. The second-order valence-corrected chi connectivity index (χ2v) is 4.70. The average molecular weight is 290 g/mol. The molecule has 0 bridgehead atoms. The summed E-state index contributed by atoms with van der Waals surface area (Å²) in [5, 5.41) is 6.70. The number of carbonyl (C=O) groups excluding carboxylic acids is 2. The van der Waals surface area contributed by atoms with E-state index in [9.17, 15) is 9.59 Å². The van der Waals surface area contributed by atoms with Gasteiger partial charge < -0.3 is 15.0 Å². The van der Waals surface area contributed by atoms with Crippen molar-refractivity contribution in [2.75, 3.05) is 11.9 Å². The molecule has 0 aromatic carbocycles. The van der Waals surface area contributed by atoms with Crippen molar-refractivity contribution in [2.45, 2.75) is 20.8 Å². The van der Waals surface area contributed by atoms with Gasteiger partial charge in [0.05, 0.1) is 24.1 Å². The van der Waals surface area contributed by atoms with Crippen LogP contribution in [0.25, 0.3) is 0 Å². The quantitative estimate of drug-likeness (QED) is 0.840. The number of rotatable bonds is 4. The standard InChI is InChI=1S/C14H18N4O3/c1-5-21-14(20)11-8(2)12(16-9(11)3)13(19)17-10-6-15-18(4)7-10/h6-7,16H,5H2,1-4H3,(H,17,19). The normalized spacial score (nSPS) is 10.5. The number of carbonyl (C=O) groups is 2. The minimum absolute atomic E-state index is 0.292. The lowest BCUT2D eigenvalue weighted by molar-refractivity contribution is 0.0525. The van der Waals surface area contributed by atoms with Crippen LogP contribution in [-0.4, -0.2) is 33.2 Å². The molecule has 0 aliphatic heterocycles. The number of nitrogens with one attached hydrogen (secondary N) is 2. The summed E-state index contributed by atoms with van der Waals surface area (Å²) in [6.07, 6.45) is 3.24. The van der Waals surface area contributed by atoms with E-state index < -0.39 is 5.97 Å². The first kappa shape index (κ1) is 14.8. The van der Waals surface area contributed by atoms with E-state index in [1.807, 2.05) is 0 Å². The molecule has 112 valence electrons. The molecule has 0 atom stereocenters. The van der Waals surface area contributed by atoms with Crippen LogP contribution < -0.4 is 5.32 Å². The van der Waals surface area contributed by atoms with Crippen LogP contribution in [0.4, 0.5) is 5.69 Å². The summed E-state index contributed by atoms with van der Waals surface area (Å²) in [6.45, 7) is 5.49. The lowest BCUT2D eigenvalue weighted by Gasteiger charge is -2.03. The third-order valence-electron chi connectivity index (χ3n) is 3.11. The van der Waals surface area contributed by atoms with Crippen LogP contribution >= 0.6 is 0 Å². The molecule has 0 saturated carbocycles. The predicted molar refractivity (Wildman–Crippen MR) is 77.4 cm³/mol. The van der Waals surface area contributed by atoms with E-state index >= 15 is 0 Å². The van der Waals surface area contributed by atoms with Crippen molar-refractivity contribution in [1.29, 1.82) is 0 Å². The SMILES string of the molecule is CCOC(=O)c1c(C)[nH]c(C(=O)Nc2cnn(C)c2)c1C. The van der Waals surface area contributed by atoms with Gasteiger partial charge in [0.1, 0.15) is 5.69 Å². The Kier molecular flexibility index (Phi) is 4.11. The fourth-order valence-electron chi connectivity index (χ4n) is 2.17. The Morgan fingerprint density at radius 3 is 2.71 bits per heavy atom. The van der Waals surface area contributed by atoms with Gasteiger partial charge in [0.15, 0.2) is 0 Å². The van der Waals surface area contributed by atoms with Crippen molar-refractivity contribution in [3.8, 4) is 0 Å². The minimum Gasteiger partial charge on any atom is -0.462 e. The molecule has 2 aromatic rings. The predicted octanol–water partition coefficient (Wildman–Crippen LogP) is 1.79. The lowest BCUT2D eigenvalue weighted by Crippen LogP contribution is -2.14. The molecule has 0 saturated heterocycles. The summed E-state index contributed by atoms with van der Waals surface area (Å²) in [7, 11) is 1.76. The third kappa shape index (κ3) is 2.96. The van der Waals surface area contributed by atoms with Gasteiger partial charge in [-0.1, -0.05) is 0 Å². The van der Waals surface area contributed by atoms with E-state index in [2.05, 4.69) is 15.4 Å². The molecule has 7 nitrogen and oxygen atoms in total. The van der Waals surface area contributed by atoms with Crippen molar-refractivity contribution in [3.05, 3.63) is 34.9 Å². The number of aryl methyl sites for hydroxylation is 2. The second-order valence-electron chi connectivity index (χ2n) is 4.70. The molecule has 1 amide bonds. The molecule has 0 radical (unpaired) electrons. The van der Waals surface area contributed by atoms with Crippen LogP contribution in [-0.2, 0) is 11.8 Å². The summed E-state index contributed by atoms with van der Waals surface area (Å²) in [5.41, 5.74) is 2.54. The van der Waals surface area contributed by atoms with Crippen LogP contribution in [0.1, 0.15) is 39.0 Å². The Bertz CT molecular complexity index is 684. The highest BCUT2D eigenvalue weighted by atomic mass is 16.5. The smallest absolute Gasteiger partial charge is 0.340 e. The van der Waals surface area contributed by atoms with Gasteiger partial charge in [-0.25, -0.2) is 4.79 Å². The van der Waals surface area contributed by atoms with Gasteiger partial charge in [0.25, 0.3) is 5.91 Å². The number of ether oxygens (including phenoxy) is 1. The molecular weight excluding hydrogens is 272 g/mol. The first-order valence-corrected chi connectivity index (χ1v) is 6.60. The summed E-state index contributed by atoms with van der Waals surface area (Å²) < 4.78 is 6.59. The number of hydrogen-bond donors (Lipinski definition) is 2. The van der Waals surface area contributed by atoms with Gasteiger partial charge in [-0.05, 0) is 26.3 Å². The van der Waals surface area contributed by atoms with Gasteiger partial charge in [0, 0.05) is 18.9 Å². The Hall–Kier alpha value is -2.57. The monoisotopic (exact) mass is 290 g/mol. The molecule has 2 heterocycles. The third-order valence-corrected chi connectivity index (χ3v) is 3.11. The number of aromatic amines is 1. The van der Waals surface area contributed by atoms with E-state index in [1.165, 1.54) is 0 Å². The highest BCUT2D eigenvalue weighted by Gasteiger charge is 2.22. The van der Waals surface area contributed by atoms with Crippen LogP contribution in [0.2, 0.25) is 0 Å². The van der Waals surface area contributed by atoms with Gasteiger partial charge in [-0.3, -0.25) is 9.48 Å². The maximum atomic E-state index is 12.3. The number of hydrogen-bond acceptors (Lipinski definition) is 4. The number of anilines is 1. The van der Waals surface area contributed by atoms with E-state index in [4.69, 9.17) is 4.74 Å². The molecule has 7 heteroatoms. The molecule has 0 aliphatic rings. The highest BCUT2D eigenvalue weighted by Crippen LogP contribution is 2.20. The molecule has 0 unspecified atom stereocenters. The summed E-state index contributed by atoms with van der Waals surface area (Å²) in [4.78, 5) is 27.1. The zero-order chi connectivity index (χ0) is 15.6. The van der Waals surface area contributed by atoms with Crippen molar-refractivity contribution in [1.82, 2.24) is 14.8 Å². The molecule has 0 fully saturated rings. The zero-order valence-electron chi connectivity index (χ0n) is 12.5. The number of esters is 1. The van der Waals surface area contributed by atoms with Gasteiger partial charge in [-0.15, -0.1) is 0 Å². The number of H-pyrrole nitrogens is 1. The van der Waals surface area contributed by atoms with Crippen molar-refractivity contribution >= 4 is 17.6 Å². The molecule has 21 heavy (non-hydrogen) atoms. The van der Waals surface area contributed by atoms with Gasteiger partial charge >= 0.3 is 5.97 Å². The molecule has 2 N–H and O–H groups in total. The van der Waals surface area contributed by atoms with Crippen molar-refractivity contribution in [2.24, 2.45) is 7.05 Å². The number of aromatic nitrogens is 3. The van der Waals surface area contributed by atoms with Gasteiger partial charge in [-0.2, -0.15) is 5.10 Å². The Morgan fingerprint density at radius 2 is 2.14 bits per heavy atom. The molecule has 2 aromatic heterocycles. The summed E-state index contributed by atoms with van der Waals surface area (Å²) in [5.74, 6) is -0.747. The largest absolute Gasteiger partial charge is 0.462 e. The minimum atomic E-state index is -0.427. The number of amides is 1. The van der Waals surface area contributed by atoms with Crippen LogP contribution in [0.3, 0.4) is 0 Å². The maximum absolute atomic E-state index is 12.3. The molecule has 2 rings (SSSR count). The second kappa shape index (κ2) is 5.82. The maximum Gasteiger partial charge on any atom is 0.340 e. The fourth-order valence-corrected chi connectivity index (χ4v) is 2.17. The first-order chi connectivity index (χ1) is 9.93.